The van der Waals surface area contributed by atoms with Gasteiger partial charge in [0.25, 0.3) is 0 Å². The number of nitrogens with zero attached hydrogens (tertiary/aromatic N) is 1. The zero-order valence-electron chi connectivity index (χ0n) is 10.8. The lowest BCUT2D eigenvalue weighted by atomic mass is 10.1. The average molecular weight is 303 g/mol. The second-order valence-electron chi connectivity index (χ2n) is 4.31. The van der Waals surface area contributed by atoms with Crippen LogP contribution in [0.4, 0.5) is 11.4 Å². The fourth-order valence-corrected chi connectivity index (χ4v) is 3.66. The number of nitrogen functional groups attached to an aromatic ring is 1. The third kappa shape index (κ3) is 2.28. The first-order valence-electron chi connectivity index (χ1n) is 5.99. The first-order chi connectivity index (χ1) is 9.66. The molecule has 2 aromatic heterocycles. The number of rotatable bonds is 3. The van der Waals surface area contributed by atoms with Crippen molar-refractivity contribution >= 4 is 43.9 Å². The first kappa shape index (κ1) is 13.1. The van der Waals surface area contributed by atoms with Gasteiger partial charge in [-0.3, -0.25) is 0 Å². The molecular formula is C14H13N3OS2. The maximum Gasteiger partial charge on any atom is 0.128 e. The maximum atomic E-state index is 11.4. The van der Waals surface area contributed by atoms with Gasteiger partial charge in [0, 0.05) is 12.5 Å². The molecular weight excluding hydrogens is 290 g/mol. The van der Waals surface area contributed by atoms with Crippen molar-refractivity contribution < 1.29 is 4.21 Å². The van der Waals surface area contributed by atoms with Gasteiger partial charge in [-0.1, -0.05) is 30.3 Å². The van der Waals surface area contributed by atoms with Crippen molar-refractivity contribution in [1.29, 1.82) is 0 Å². The molecule has 0 radical (unpaired) electrons. The van der Waals surface area contributed by atoms with Gasteiger partial charge in [0.15, 0.2) is 0 Å². The van der Waals surface area contributed by atoms with E-state index in [-0.39, 0.29) is 0 Å². The smallest absolute Gasteiger partial charge is 0.128 e. The Labute approximate surface area is 123 Å². The number of hydrogen-bond donors (Lipinski definition) is 2. The van der Waals surface area contributed by atoms with Crippen LogP contribution in [0.3, 0.4) is 0 Å². The summed E-state index contributed by atoms with van der Waals surface area (Å²) in [7, 11) is -1.14. The number of nitrogens with one attached hydrogen (secondary N) is 1. The van der Waals surface area contributed by atoms with E-state index in [4.69, 9.17) is 5.73 Å². The molecule has 102 valence electrons. The first-order valence-corrected chi connectivity index (χ1v) is 8.37. The highest BCUT2D eigenvalue weighted by molar-refractivity contribution is 7.85. The highest BCUT2D eigenvalue weighted by Gasteiger charge is 2.15. The predicted molar refractivity (Wildman–Crippen MR) is 87.2 cm³/mol. The lowest BCUT2D eigenvalue weighted by Crippen LogP contribution is -2.02. The van der Waals surface area contributed by atoms with Crippen LogP contribution in [0.2, 0.25) is 0 Å². The summed E-state index contributed by atoms with van der Waals surface area (Å²) in [5.74, 6) is 0. The Morgan fingerprint density at radius 2 is 2.00 bits per heavy atom. The zero-order valence-corrected chi connectivity index (χ0v) is 12.4. The molecule has 3 rings (SSSR count). The van der Waals surface area contributed by atoms with E-state index in [0.717, 1.165) is 26.3 Å². The van der Waals surface area contributed by atoms with Crippen LogP contribution in [0.5, 0.6) is 0 Å². The quantitative estimate of drug-likeness (QED) is 0.780. The van der Waals surface area contributed by atoms with Crippen molar-refractivity contribution in [2.24, 2.45) is 0 Å². The van der Waals surface area contributed by atoms with Gasteiger partial charge in [-0.05, 0) is 11.6 Å². The van der Waals surface area contributed by atoms with Crippen molar-refractivity contribution in [2.75, 3.05) is 16.7 Å². The largest absolute Gasteiger partial charge is 0.397 e. The van der Waals surface area contributed by atoms with Crippen LogP contribution in [0.1, 0.15) is 0 Å². The molecule has 3 N–H and O–H groups in total. The molecule has 0 aliphatic heterocycles. The van der Waals surface area contributed by atoms with Crippen LogP contribution in [-0.2, 0) is 11.0 Å². The lowest BCUT2D eigenvalue weighted by Gasteiger charge is -2.05. The SMILES string of the molecule is CS(=O)Nc1ccnc2sc(-c3ccccc3)c(N)c12. The molecule has 1 unspecified atom stereocenters. The number of hydrogen-bond acceptors (Lipinski definition) is 4. The van der Waals surface area contributed by atoms with E-state index in [9.17, 15) is 4.21 Å². The maximum absolute atomic E-state index is 11.4. The van der Waals surface area contributed by atoms with E-state index in [1.54, 1.807) is 29.9 Å². The van der Waals surface area contributed by atoms with E-state index >= 15 is 0 Å². The Kier molecular flexibility index (Phi) is 3.42. The second-order valence-corrected chi connectivity index (χ2v) is 6.42. The van der Waals surface area contributed by atoms with Gasteiger partial charge >= 0.3 is 0 Å². The molecule has 1 aromatic carbocycles. The van der Waals surface area contributed by atoms with E-state index < -0.39 is 11.0 Å². The molecule has 2 heterocycles. The van der Waals surface area contributed by atoms with Crippen LogP contribution < -0.4 is 10.5 Å². The minimum absolute atomic E-state index is 0.678. The standard InChI is InChI=1S/C14H13N3OS2/c1-20(18)17-10-7-8-16-14-11(10)12(15)13(19-14)9-5-3-2-4-6-9/h2-8H,15H2,1H3,(H,16,17). The Morgan fingerprint density at radius 1 is 1.25 bits per heavy atom. The molecule has 0 aliphatic carbocycles. The van der Waals surface area contributed by atoms with Crippen LogP contribution in [-0.4, -0.2) is 15.4 Å². The molecule has 0 fully saturated rings. The zero-order chi connectivity index (χ0) is 14.1. The number of pyridine rings is 1. The molecule has 4 nitrogen and oxygen atoms in total. The van der Waals surface area contributed by atoms with Crippen LogP contribution >= 0.6 is 11.3 Å². The summed E-state index contributed by atoms with van der Waals surface area (Å²) in [6, 6.07) is 11.8. The average Bonchev–Trinajstić information content (AvgIpc) is 2.78. The Morgan fingerprint density at radius 3 is 2.70 bits per heavy atom. The second kappa shape index (κ2) is 5.22. The topological polar surface area (TPSA) is 68.0 Å². The molecule has 0 amide bonds. The summed E-state index contributed by atoms with van der Waals surface area (Å²) < 4.78 is 14.3. The van der Waals surface area contributed by atoms with Crippen molar-refractivity contribution in [3.8, 4) is 10.4 Å². The normalized spacial score (nSPS) is 12.4. The summed E-state index contributed by atoms with van der Waals surface area (Å²) in [6.07, 6.45) is 3.29. The number of nitrogens with two attached hydrogens (primary N) is 1. The third-order valence-corrected chi connectivity index (χ3v) is 4.59. The number of thiophene rings is 1. The number of aromatic nitrogens is 1. The van der Waals surface area contributed by atoms with Gasteiger partial charge in [0.2, 0.25) is 0 Å². The summed E-state index contributed by atoms with van der Waals surface area (Å²) in [6.45, 7) is 0. The predicted octanol–water partition coefficient (Wildman–Crippen LogP) is 3.25. The molecule has 0 spiro atoms. The van der Waals surface area contributed by atoms with Gasteiger partial charge in [-0.25, -0.2) is 9.19 Å². The minimum atomic E-state index is -1.14. The molecule has 20 heavy (non-hydrogen) atoms. The van der Waals surface area contributed by atoms with Crippen molar-refractivity contribution in [2.45, 2.75) is 0 Å². The Balaban J connectivity index is 2.23. The summed E-state index contributed by atoms with van der Waals surface area (Å²) >= 11 is 1.54. The molecule has 1 atom stereocenters. The Bertz CT molecular complexity index is 784. The van der Waals surface area contributed by atoms with Crippen molar-refractivity contribution in [3.63, 3.8) is 0 Å². The molecule has 6 heteroatoms. The molecule has 3 aromatic rings. The third-order valence-electron chi connectivity index (χ3n) is 2.92. The molecule has 0 aliphatic rings. The van der Waals surface area contributed by atoms with Gasteiger partial charge in [0.1, 0.15) is 15.8 Å². The summed E-state index contributed by atoms with van der Waals surface area (Å²) in [4.78, 5) is 6.19. The van der Waals surface area contributed by atoms with Crippen LogP contribution in [0.25, 0.3) is 20.7 Å². The summed E-state index contributed by atoms with van der Waals surface area (Å²) in [5.41, 5.74) is 8.78. The van der Waals surface area contributed by atoms with Gasteiger partial charge in [0.05, 0.1) is 21.6 Å². The van der Waals surface area contributed by atoms with Gasteiger partial charge in [-0.2, -0.15) is 0 Å². The highest BCUT2D eigenvalue weighted by Crippen LogP contribution is 2.42. The number of benzene rings is 1. The fourth-order valence-electron chi connectivity index (χ4n) is 2.09. The fraction of sp³-hybridized carbons (Fsp3) is 0.0714. The van der Waals surface area contributed by atoms with Gasteiger partial charge in [-0.15, -0.1) is 11.3 Å². The minimum Gasteiger partial charge on any atom is -0.397 e. The van der Waals surface area contributed by atoms with E-state index in [1.165, 1.54) is 0 Å². The van der Waals surface area contributed by atoms with Crippen molar-refractivity contribution in [1.82, 2.24) is 4.98 Å². The monoisotopic (exact) mass is 303 g/mol. The number of fused-ring (bicyclic) bond motifs is 1. The molecule has 0 bridgehead atoms. The van der Waals surface area contributed by atoms with Crippen LogP contribution in [0.15, 0.2) is 42.6 Å². The molecule has 0 saturated carbocycles. The summed E-state index contributed by atoms with van der Waals surface area (Å²) in [5, 5.41) is 0.839. The van der Waals surface area contributed by atoms with E-state index in [0.29, 0.717) is 5.69 Å². The Hall–Kier alpha value is -1.92. The van der Waals surface area contributed by atoms with Crippen LogP contribution in [0, 0.1) is 0 Å². The number of anilines is 2. The van der Waals surface area contributed by atoms with Gasteiger partial charge < -0.3 is 10.5 Å². The lowest BCUT2D eigenvalue weighted by molar-refractivity contribution is 0.690. The molecule has 0 saturated heterocycles. The van der Waals surface area contributed by atoms with E-state index in [1.807, 2.05) is 30.3 Å². The van der Waals surface area contributed by atoms with E-state index in [2.05, 4.69) is 9.71 Å². The van der Waals surface area contributed by atoms with Crippen molar-refractivity contribution in [3.05, 3.63) is 42.6 Å². The highest BCUT2D eigenvalue weighted by atomic mass is 32.2.